The number of hydrogen-bond donors (Lipinski definition) is 0. The Kier molecular flexibility index (Phi) is 3.33. The van der Waals surface area contributed by atoms with Crippen LogP contribution in [-0.2, 0) is 10.6 Å². The topological polar surface area (TPSA) is 48.3 Å². The van der Waals surface area contributed by atoms with E-state index in [1.54, 1.807) is 13.0 Å². The number of halogens is 2. The molecular formula is C13H9BrFNO3S. The van der Waals surface area contributed by atoms with Crippen molar-refractivity contribution >= 4 is 44.6 Å². The van der Waals surface area contributed by atoms with Gasteiger partial charge in [-0.1, -0.05) is 11.8 Å². The normalized spacial score (nSPS) is 12.9. The first-order valence-corrected chi connectivity index (χ1v) is 7.68. The number of carbonyl (C=O) groups excluding carboxylic acids is 1. The van der Waals surface area contributed by atoms with E-state index in [1.807, 2.05) is 4.57 Å². The predicted molar refractivity (Wildman–Crippen MR) is 77.7 cm³/mol. The maximum Gasteiger partial charge on any atom is 0.344 e. The number of nitrogens with zero attached hydrogens (tertiary/aromatic N) is 1. The first kappa shape index (κ1) is 13.6. The number of ether oxygens (including phenoxy) is 1. The minimum atomic E-state index is -0.654. The van der Waals surface area contributed by atoms with Crippen LogP contribution in [0.25, 0.3) is 10.9 Å². The molecule has 0 bridgehead atoms. The molecule has 0 saturated heterocycles. The minimum Gasteiger partial charge on any atom is -0.462 e. The molecule has 1 aliphatic rings. The average molecular weight is 358 g/mol. The Hall–Kier alpha value is -1.34. The van der Waals surface area contributed by atoms with Gasteiger partial charge in [-0.25, -0.2) is 9.18 Å². The zero-order valence-electron chi connectivity index (χ0n) is 10.4. The van der Waals surface area contributed by atoms with Crippen molar-refractivity contribution in [3.8, 4) is 0 Å². The third-order valence-electron chi connectivity index (χ3n) is 3.07. The summed E-state index contributed by atoms with van der Waals surface area (Å²) in [5.74, 6) is -0.563. The molecule has 0 radical (unpaired) electrons. The smallest absolute Gasteiger partial charge is 0.344 e. The number of benzene rings is 1. The number of aromatic nitrogens is 1. The van der Waals surface area contributed by atoms with Crippen LogP contribution >= 0.6 is 27.7 Å². The molecule has 2 heterocycles. The van der Waals surface area contributed by atoms with Crippen LogP contribution in [0.15, 0.2) is 26.4 Å². The zero-order valence-corrected chi connectivity index (χ0v) is 12.8. The van der Waals surface area contributed by atoms with Gasteiger partial charge in [-0.3, -0.25) is 4.79 Å². The third kappa shape index (κ3) is 1.88. The number of fused-ring (bicyclic) bond motifs is 3. The Labute approximate surface area is 126 Å². The SMILES string of the molecule is CCOC(=O)c1c2n(c3cc(Br)c(F)cc3c1=O)CS2. The van der Waals surface area contributed by atoms with Crippen LogP contribution < -0.4 is 5.43 Å². The van der Waals surface area contributed by atoms with Crippen LogP contribution in [0.4, 0.5) is 4.39 Å². The molecule has 3 rings (SSSR count). The third-order valence-corrected chi connectivity index (χ3v) is 4.76. The van der Waals surface area contributed by atoms with E-state index < -0.39 is 17.2 Å². The standard InChI is InChI=1S/C13H9BrFNO3S/c1-2-19-13(18)10-11(17)6-3-8(15)7(14)4-9(6)16-5-20-12(10)16/h3-4H,2,5H2,1H3. The summed E-state index contributed by atoms with van der Waals surface area (Å²) in [7, 11) is 0. The van der Waals surface area contributed by atoms with Gasteiger partial charge in [0, 0.05) is 5.39 Å². The maximum absolute atomic E-state index is 13.6. The van der Waals surface area contributed by atoms with Gasteiger partial charge in [0.15, 0.2) is 0 Å². The maximum atomic E-state index is 13.6. The van der Waals surface area contributed by atoms with E-state index in [9.17, 15) is 14.0 Å². The van der Waals surface area contributed by atoms with E-state index in [1.165, 1.54) is 11.8 Å². The first-order valence-electron chi connectivity index (χ1n) is 5.90. The van der Waals surface area contributed by atoms with Crippen molar-refractivity contribution < 1.29 is 13.9 Å². The number of carbonyl (C=O) groups is 1. The fraction of sp³-hybridized carbons (Fsp3) is 0.231. The fourth-order valence-corrected chi connectivity index (χ4v) is 3.41. The molecule has 20 heavy (non-hydrogen) atoms. The molecule has 0 aliphatic carbocycles. The molecule has 2 aromatic rings. The summed E-state index contributed by atoms with van der Waals surface area (Å²) < 4.78 is 20.7. The van der Waals surface area contributed by atoms with E-state index >= 15 is 0 Å². The van der Waals surface area contributed by atoms with Crippen molar-refractivity contribution in [3.05, 3.63) is 38.2 Å². The zero-order chi connectivity index (χ0) is 14.4. The number of esters is 1. The van der Waals surface area contributed by atoms with Crippen molar-refractivity contribution in [2.45, 2.75) is 17.8 Å². The molecule has 104 valence electrons. The highest BCUT2D eigenvalue weighted by Crippen LogP contribution is 2.37. The largest absolute Gasteiger partial charge is 0.462 e. The fourth-order valence-electron chi connectivity index (χ4n) is 2.14. The number of hydrogen-bond acceptors (Lipinski definition) is 4. The quantitative estimate of drug-likeness (QED) is 0.774. The second-order valence-electron chi connectivity index (χ2n) is 4.21. The van der Waals surface area contributed by atoms with Gasteiger partial charge in [0.1, 0.15) is 11.4 Å². The van der Waals surface area contributed by atoms with E-state index in [4.69, 9.17) is 4.74 Å². The molecule has 1 aliphatic heterocycles. The van der Waals surface area contributed by atoms with Gasteiger partial charge in [0.25, 0.3) is 0 Å². The second-order valence-corrected chi connectivity index (χ2v) is 6.00. The number of rotatable bonds is 2. The summed E-state index contributed by atoms with van der Waals surface area (Å²) in [6, 6.07) is 2.71. The van der Waals surface area contributed by atoms with Crippen molar-refractivity contribution in [2.75, 3.05) is 6.61 Å². The summed E-state index contributed by atoms with van der Waals surface area (Å²) in [5.41, 5.74) is 0.130. The van der Waals surface area contributed by atoms with Crippen LogP contribution in [0.1, 0.15) is 17.3 Å². The first-order chi connectivity index (χ1) is 9.54. The van der Waals surface area contributed by atoms with Crippen LogP contribution in [-0.4, -0.2) is 17.1 Å². The lowest BCUT2D eigenvalue weighted by Crippen LogP contribution is -2.27. The van der Waals surface area contributed by atoms with Gasteiger partial charge >= 0.3 is 5.97 Å². The number of thioether (sulfide) groups is 1. The predicted octanol–water partition coefficient (Wildman–Crippen LogP) is 3.14. The molecule has 0 amide bonds. The van der Waals surface area contributed by atoms with Crippen molar-refractivity contribution in [3.63, 3.8) is 0 Å². The molecule has 0 atom stereocenters. The molecule has 0 N–H and O–H groups in total. The van der Waals surface area contributed by atoms with Crippen molar-refractivity contribution in [1.29, 1.82) is 0 Å². The summed E-state index contributed by atoms with van der Waals surface area (Å²) in [4.78, 5) is 24.3. The van der Waals surface area contributed by atoms with Crippen molar-refractivity contribution in [1.82, 2.24) is 4.57 Å². The van der Waals surface area contributed by atoms with Gasteiger partial charge in [0.05, 0.1) is 27.5 Å². The Morgan fingerprint density at radius 3 is 2.90 bits per heavy atom. The van der Waals surface area contributed by atoms with Gasteiger partial charge in [-0.2, -0.15) is 0 Å². The van der Waals surface area contributed by atoms with Gasteiger partial charge in [-0.05, 0) is 35.0 Å². The lowest BCUT2D eigenvalue weighted by Gasteiger charge is -2.26. The Morgan fingerprint density at radius 1 is 1.55 bits per heavy atom. The van der Waals surface area contributed by atoms with Crippen LogP contribution in [0.2, 0.25) is 0 Å². The van der Waals surface area contributed by atoms with E-state index in [2.05, 4.69) is 15.9 Å². The van der Waals surface area contributed by atoms with Gasteiger partial charge in [-0.15, -0.1) is 0 Å². The number of pyridine rings is 1. The van der Waals surface area contributed by atoms with Crippen LogP contribution in [0.5, 0.6) is 0 Å². The summed E-state index contributed by atoms with van der Waals surface area (Å²) in [6.07, 6.45) is 0. The summed E-state index contributed by atoms with van der Waals surface area (Å²) in [6.45, 7) is 1.86. The highest BCUT2D eigenvalue weighted by Gasteiger charge is 2.29. The highest BCUT2D eigenvalue weighted by atomic mass is 79.9. The molecule has 1 aromatic heterocycles. The second kappa shape index (κ2) is 4.89. The molecule has 7 heteroatoms. The Balaban J connectivity index is 2.37. The monoisotopic (exact) mass is 357 g/mol. The van der Waals surface area contributed by atoms with Gasteiger partial charge < -0.3 is 9.30 Å². The van der Waals surface area contributed by atoms with Crippen LogP contribution in [0, 0.1) is 5.82 Å². The lowest BCUT2D eigenvalue weighted by atomic mass is 10.1. The van der Waals surface area contributed by atoms with Crippen molar-refractivity contribution in [2.24, 2.45) is 0 Å². The van der Waals surface area contributed by atoms with E-state index in [0.717, 1.165) is 6.07 Å². The summed E-state index contributed by atoms with van der Waals surface area (Å²) in [5, 5.41) is 0.775. The molecule has 0 unspecified atom stereocenters. The molecule has 1 aromatic carbocycles. The molecular weight excluding hydrogens is 349 g/mol. The average Bonchev–Trinajstić information content (AvgIpc) is 2.36. The molecule has 0 spiro atoms. The minimum absolute atomic E-state index is 0.00248. The lowest BCUT2D eigenvalue weighted by molar-refractivity contribution is 0.0518. The molecule has 0 saturated carbocycles. The Morgan fingerprint density at radius 2 is 2.30 bits per heavy atom. The molecule has 4 nitrogen and oxygen atoms in total. The Bertz CT molecular complexity index is 803. The highest BCUT2D eigenvalue weighted by molar-refractivity contribution is 9.10. The van der Waals surface area contributed by atoms with E-state index in [-0.39, 0.29) is 17.6 Å². The molecule has 0 fully saturated rings. The van der Waals surface area contributed by atoms with E-state index in [0.29, 0.717) is 20.9 Å². The van der Waals surface area contributed by atoms with Gasteiger partial charge in [0.2, 0.25) is 5.43 Å². The summed E-state index contributed by atoms with van der Waals surface area (Å²) >= 11 is 4.51. The van der Waals surface area contributed by atoms with Crippen LogP contribution in [0.3, 0.4) is 0 Å².